The van der Waals surface area contributed by atoms with Gasteiger partial charge in [0.2, 0.25) is 0 Å². The number of carboxylic acids is 4. The first-order valence-corrected chi connectivity index (χ1v) is 16.8. The number of hydrogen-bond acceptors (Lipinski definition) is 4. The molecule has 0 aliphatic heterocycles. The zero-order valence-corrected chi connectivity index (χ0v) is 27.0. The molecule has 48 heavy (non-hydrogen) atoms. The third-order valence-corrected chi connectivity index (χ3v) is 10.2. The lowest BCUT2D eigenvalue weighted by molar-refractivity contribution is 0.0681. The van der Waals surface area contributed by atoms with E-state index in [0.29, 0.717) is 66.7 Å². The van der Waals surface area contributed by atoms with Gasteiger partial charge in [0.05, 0.1) is 22.3 Å². The van der Waals surface area contributed by atoms with Gasteiger partial charge in [0.1, 0.15) is 0 Å². The molecular weight excluding hydrogens is 608 g/mol. The molecule has 7 aromatic rings. The third-order valence-electron chi connectivity index (χ3n) is 10.2. The van der Waals surface area contributed by atoms with Crippen LogP contribution >= 0.6 is 0 Å². The van der Waals surface area contributed by atoms with E-state index in [0.717, 1.165) is 62.5 Å². The number of aryl methyl sites for hydroxylation is 2. The molecule has 0 heterocycles. The first-order valence-electron chi connectivity index (χ1n) is 16.8. The van der Waals surface area contributed by atoms with Gasteiger partial charge in [-0.2, -0.15) is 0 Å². The maximum Gasteiger partial charge on any atom is 0.336 e. The average molecular weight is 645 g/mol. The second-order valence-corrected chi connectivity index (χ2v) is 13.2. The van der Waals surface area contributed by atoms with Gasteiger partial charge in [-0.25, -0.2) is 19.2 Å². The number of aromatic carboxylic acids is 4. The fourth-order valence-corrected chi connectivity index (χ4v) is 8.21. The summed E-state index contributed by atoms with van der Waals surface area (Å²) in [6.45, 7) is 4.24. The van der Waals surface area contributed by atoms with Crippen LogP contribution in [0.4, 0.5) is 0 Å². The lowest BCUT2D eigenvalue weighted by atomic mass is 9.76. The van der Waals surface area contributed by atoms with Gasteiger partial charge in [-0.05, 0) is 104 Å². The zero-order valence-electron chi connectivity index (χ0n) is 27.0. The van der Waals surface area contributed by atoms with Crippen molar-refractivity contribution in [1.29, 1.82) is 0 Å². The number of carbonyl (C=O) groups is 4. The van der Waals surface area contributed by atoms with E-state index in [9.17, 15) is 39.6 Å². The maximum absolute atomic E-state index is 12.9. The smallest absolute Gasteiger partial charge is 0.336 e. The lowest BCUT2D eigenvalue weighted by Gasteiger charge is -2.26. The quantitative estimate of drug-likeness (QED) is 0.0519. The zero-order chi connectivity index (χ0) is 34.0. The molecule has 0 saturated heterocycles. The minimum absolute atomic E-state index is 0.105. The summed E-state index contributed by atoms with van der Waals surface area (Å²) in [6, 6.07) is 10.0. The Balaban J connectivity index is 1.78. The van der Waals surface area contributed by atoms with Crippen LogP contribution in [0.1, 0.15) is 118 Å². The first-order chi connectivity index (χ1) is 23.1. The molecule has 7 aromatic carbocycles. The van der Waals surface area contributed by atoms with Gasteiger partial charge in [-0.1, -0.05) is 64.5 Å². The van der Waals surface area contributed by atoms with Gasteiger partial charge in [-0.15, -0.1) is 0 Å². The highest BCUT2D eigenvalue weighted by atomic mass is 16.4. The van der Waals surface area contributed by atoms with E-state index in [-0.39, 0.29) is 33.0 Å². The van der Waals surface area contributed by atoms with Crippen LogP contribution in [0.15, 0.2) is 36.4 Å². The van der Waals surface area contributed by atoms with Crippen LogP contribution in [-0.2, 0) is 12.8 Å². The monoisotopic (exact) mass is 644 g/mol. The highest BCUT2D eigenvalue weighted by molar-refractivity contribution is 6.48. The van der Waals surface area contributed by atoms with E-state index in [4.69, 9.17) is 0 Å². The van der Waals surface area contributed by atoms with Crippen LogP contribution < -0.4 is 0 Å². The largest absolute Gasteiger partial charge is 0.478 e. The molecule has 244 valence electrons. The lowest BCUT2D eigenvalue weighted by Crippen LogP contribution is -2.10. The van der Waals surface area contributed by atoms with Crippen LogP contribution in [0, 0.1) is 0 Å². The molecule has 0 saturated carbocycles. The Labute approximate surface area is 275 Å². The highest BCUT2D eigenvalue weighted by Crippen LogP contribution is 2.53. The summed E-state index contributed by atoms with van der Waals surface area (Å²) in [5.41, 5.74) is 1.27. The van der Waals surface area contributed by atoms with Gasteiger partial charge in [0, 0.05) is 21.5 Å². The summed E-state index contributed by atoms with van der Waals surface area (Å²) in [6.07, 6.45) is 8.99. The van der Waals surface area contributed by atoms with Crippen molar-refractivity contribution in [2.75, 3.05) is 0 Å². The molecule has 0 spiro atoms. The molecular formula is C40H36O8. The molecule has 0 amide bonds. The van der Waals surface area contributed by atoms with Crippen molar-refractivity contribution in [3.8, 4) is 0 Å². The molecule has 0 aromatic heterocycles. The first kappa shape index (κ1) is 31.4. The standard InChI is InChI=1S/C40H36O8/c1-3-5-7-9-11-19-13-21-15-25(37(41)42)32-28(40(47)48)18-24-20(12-10-8-6-4-2)14-22-16-26(38(43)44)31-27(39(45)46)17-23(19)33-29(21)36(32)34(24)30(22)35(31)33/h13-18H,3-12H2,1-2H3,(H,41,42)(H,43,44)(H,45,46)(H,47,48). The van der Waals surface area contributed by atoms with Crippen LogP contribution in [0.5, 0.6) is 0 Å². The Morgan fingerprint density at radius 1 is 0.417 bits per heavy atom. The normalized spacial score (nSPS) is 12.2. The van der Waals surface area contributed by atoms with E-state index in [1.807, 2.05) is 12.1 Å². The Morgan fingerprint density at radius 2 is 0.771 bits per heavy atom. The molecule has 0 unspecified atom stereocenters. The molecule has 0 bridgehead atoms. The Bertz CT molecular complexity index is 2260. The van der Waals surface area contributed by atoms with Gasteiger partial charge in [0.15, 0.2) is 0 Å². The van der Waals surface area contributed by atoms with Crippen molar-refractivity contribution in [1.82, 2.24) is 0 Å². The summed E-state index contributed by atoms with van der Waals surface area (Å²) in [5, 5.41) is 48.5. The van der Waals surface area contributed by atoms with E-state index in [1.54, 1.807) is 12.1 Å². The van der Waals surface area contributed by atoms with Gasteiger partial charge < -0.3 is 20.4 Å². The average Bonchev–Trinajstić information content (AvgIpc) is 3.05. The minimum atomic E-state index is -1.24. The van der Waals surface area contributed by atoms with Crippen LogP contribution in [0.3, 0.4) is 0 Å². The molecule has 0 atom stereocenters. The summed E-state index contributed by atoms with van der Waals surface area (Å²) in [7, 11) is 0. The fraction of sp³-hybridized carbons (Fsp3) is 0.300. The topological polar surface area (TPSA) is 149 Å². The van der Waals surface area contributed by atoms with E-state index < -0.39 is 23.9 Å². The van der Waals surface area contributed by atoms with Gasteiger partial charge in [-0.3, -0.25) is 0 Å². The van der Waals surface area contributed by atoms with E-state index in [2.05, 4.69) is 13.8 Å². The molecule has 4 N–H and O–H groups in total. The van der Waals surface area contributed by atoms with Gasteiger partial charge in [0.25, 0.3) is 0 Å². The Kier molecular flexibility index (Phi) is 7.69. The Hall–Kier alpha value is -5.24. The molecule has 7 rings (SSSR count). The van der Waals surface area contributed by atoms with Crippen molar-refractivity contribution in [2.24, 2.45) is 0 Å². The van der Waals surface area contributed by atoms with E-state index >= 15 is 0 Å². The molecule has 0 aliphatic carbocycles. The number of carboxylic acid groups (broad SMARTS) is 4. The maximum atomic E-state index is 12.9. The summed E-state index contributed by atoms with van der Waals surface area (Å²) < 4.78 is 0. The number of hydrogen-bond donors (Lipinski definition) is 4. The fourth-order valence-electron chi connectivity index (χ4n) is 8.21. The van der Waals surface area contributed by atoms with Crippen molar-refractivity contribution in [3.05, 3.63) is 69.8 Å². The molecule has 0 aliphatic rings. The molecule has 8 nitrogen and oxygen atoms in total. The molecule has 0 radical (unpaired) electrons. The predicted octanol–water partition coefficient (Wildman–Crippen LogP) is 9.96. The second-order valence-electron chi connectivity index (χ2n) is 13.2. The highest BCUT2D eigenvalue weighted by Gasteiger charge is 2.31. The van der Waals surface area contributed by atoms with E-state index in [1.165, 1.54) is 12.1 Å². The SMILES string of the molecule is CCCCCCc1cc2cc(C(=O)O)c3c(C(=O)O)cc4c(CCCCCC)cc5cc(C(=O)O)c6c(C(=O)O)cc1c1c2c3c4c5c61. The summed E-state index contributed by atoms with van der Waals surface area (Å²) in [4.78, 5) is 51.6. The minimum Gasteiger partial charge on any atom is -0.478 e. The van der Waals surface area contributed by atoms with Crippen LogP contribution in [-0.4, -0.2) is 44.3 Å². The second kappa shape index (κ2) is 11.8. The third kappa shape index (κ3) is 4.57. The summed E-state index contributed by atoms with van der Waals surface area (Å²) >= 11 is 0. The van der Waals surface area contributed by atoms with Crippen LogP contribution in [0.2, 0.25) is 0 Å². The summed E-state index contributed by atoms with van der Waals surface area (Å²) in [5.74, 6) is -4.96. The van der Waals surface area contributed by atoms with Crippen LogP contribution in [0.25, 0.3) is 64.6 Å². The van der Waals surface area contributed by atoms with Crippen molar-refractivity contribution >= 4 is 88.5 Å². The number of rotatable bonds is 14. The Morgan fingerprint density at radius 3 is 1.10 bits per heavy atom. The molecule has 8 heteroatoms. The van der Waals surface area contributed by atoms with Crippen molar-refractivity contribution in [3.63, 3.8) is 0 Å². The van der Waals surface area contributed by atoms with Crippen molar-refractivity contribution < 1.29 is 39.6 Å². The number of unbranched alkanes of at least 4 members (excludes halogenated alkanes) is 6. The molecule has 0 fully saturated rings. The van der Waals surface area contributed by atoms with Crippen molar-refractivity contribution in [2.45, 2.75) is 78.1 Å². The predicted molar refractivity (Wildman–Crippen MR) is 189 cm³/mol. The number of benzene rings is 7. The van der Waals surface area contributed by atoms with Gasteiger partial charge >= 0.3 is 23.9 Å².